The highest BCUT2D eigenvalue weighted by Gasteiger charge is 2.28. The van der Waals surface area contributed by atoms with Crippen LogP contribution in [0.1, 0.15) is 46.3 Å². The molecule has 0 fully saturated rings. The molecule has 1 atom stereocenters. The van der Waals surface area contributed by atoms with Gasteiger partial charge in [0.1, 0.15) is 10.8 Å². The molecule has 8 heteroatoms. The van der Waals surface area contributed by atoms with Crippen molar-refractivity contribution >= 4 is 28.2 Å². The molecule has 1 aromatic carbocycles. The molecule has 2 heterocycles. The fourth-order valence-electron chi connectivity index (χ4n) is 3.56. The summed E-state index contributed by atoms with van der Waals surface area (Å²) in [5, 5.41) is 6.20. The Morgan fingerprint density at radius 3 is 2.77 bits per heavy atom. The van der Waals surface area contributed by atoms with E-state index in [-0.39, 0.29) is 18.2 Å². The Balaban J connectivity index is 1.51. The van der Waals surface area contributed by atoms with Gasteiger partial charge in [0.05, 0.1) is 18.4 Å². The average molecular weight is 443 g/mol. The van der Waals surface area contributed by atoms with Crippen molar-refractivity contribution in [2.24, 2.45) is 0 Å². The van der Waals surface area contributed by atoms with E-state index in [2.05, 4.69) is 10.6 Å². The van der Waals surface area contributed by atoms with E-state index in [0.29, 0.717) is 16.3 Å². The summed E-state index contributed by atoms with van der Waals surface area (Å²) < 4.78 is 24.6. The number of thiophene rings is 1. The SMILES string of the molecule is C[C@H](Oc1ccccc1F)C(=O)Nc1sc2c(c1C(=O)NCc1ccco1)CCCC2. The molecule has 31 heavy (non-hydrogen) atoms. The van der Waals surface area contributed by atoms with E-state index in [9.17, 15) is 14.0 Å². The van der Waals surface area contributed by atoms with Crippen LogP contribution in [0.15, 0.2) is 47.1 Å². The predicted octanol–water partition coefficient (Wildman–Crippen LogP) is 4.70. The van der Waals surface area contributed by atoms with Gasteiger partial charge in [0.15, 0.2) is 17.7 Å². The molecule has 1 aliphatic carbocycles. The zero-order chi connectivity index (χ0) is 21.8. The lowest BCUT2D eigenvalue weighted by molar-refractivity contribution is -0.122. The van der Waals surface area contributed by atoms with Crippen molar-refractivity contribution in [1.29, 1.82) is 0 Å². The molecule has 0 unspecified atom stereocenters. The monoisotopic (exact) mass is 442 g/mol. The molecular weight excluding hydrogens is 419 g/mol. The second kappa shape index (κ2) is 9.34. The minimum absolute atomic E-state index is 0.00652. The number of nitrogens with one attached hydrogen (secondary N) is 2. The number of anilines is 1. The normalized spacial score (nSPS) is 13.9. The Kier molecular flexibility index (Phi) is 6.36. The summed E-state index contributed by atoms with van der Waals surface area (Å²) in [6.45, 7) is 1.81. The van der Waals surface area contributed by atoms with E-state index in [0.717, 1.165) is 36.1 Å². The average Bonchev–Trinajstić information content (AvgIpc) is 3.41. The molecule has 6 nitrogen and oxygen atoms in total. The molecule has 162 valence electrons. The summed E-state index contributed by atoms with van der Waals surface area (Å²) >= 11 is 1.42. The van der Waals surface area contributed by atoms with E-state index < -0.39 is 17.8 Å². The topological polar surface area (TPSA) is 80.6 Å². The Morgan fingerprint density at radius 2 is 2.00 bits per heavy atom. The molecule has 0 saturated carbocycles. The molecular formula is C23H23FN2O4S. The summed E-state index contributed by atoms with van der Waals surface area (Å²) in [5.41, 5.74) is 1.49. The molecule has 2 N–H and O–H groups in total. The first-order valence-corrected chi connectivity index (χ1v) is 11.0. The largest absolute Gasteiger partial charge is 0.478 e. The molecule has 0 spiro atoms. The van der Waals surface area contributed by atoms with Gasteiger partial charge in [-0.25, -0.2) is 4.39 Å². The lowest BCUT2D eigenvalue weighted by Gasteiger charge is -2.16. The van der Waals surface area contributed by atoms with Gasteiger partial charge < -0.3 is 19.8 Å². The summed E-state index contributed by atoms with van der Waals surface area (Å²) in [4.78, 5) is 26.9. The second-order valence-electron chi connectivity index (χ2n) is 7.36. The maximum Gasteiger partial charge on any atom is 0.265 e. The third kappa shape index (κ3) is 4.80. The van der Waals surface area contributed by atoms with E-state index >= 15 is 0 Å². The first-order valence-electron chi connectivity index (χ1n) is 10.2. The summed E-state index contributed by atoms with van der Waals surface area (Å²) in [6, 6.07) is 9.48. The highest BCUT2D eigenvalue weighted by atomic mass is 32.1. The van der Waals surface area contributed by atoms with Gasteiger partial charge in [-0.2, -0.15) is 0 Å². The van der Waals surface area contributed by atoms with Gasteiger partial charge in [0.2, 0.25) is 0 Å². The van der Waals surface area contributed by atoms with Crippen LogP contribution in [0.2, 0.25) is 0 Å². The molecule has 1 aliphatic rings. The van der Waals surface area contributed by atoms with Crippen molar-refractivity contribution in [2.75, 3.05) is 5.32 Å². The maximum absolute atomic E-state index is 13.9. The van der Waals surface area contributed by atoms with Crippen LogP contribution < -0.4 is 15.4 Å². The molecule has 0 aliphatic heterocycles. The van der Waals surface area contributed by atoms with Crippen LogP contribution in [0.25, 0.3) is 0 Å². The van der Waals surface area contributed by atoms with E-state index in [1.165, 1.54) is 23.5 Å². The first kappa shape index (κ1) is 21.1. The maximum atomic E-state index is 13.9. The molecule has 2 amide bonds. The van der Waals surface area contributed by atoms with Crippen molar-refractivity contribution in [2.45, 2.75) is 45.3 Å². The Morgan fingerprint density at radius 1 is 1.19 bits per heavy atom. The van der Waals surface area contributed by atoms with Gasteiger partial charge in [0, 0.05) is 4.88 Å². The number of para-hydroxylation sites is 1. The molecule has 0 bridgehead atoms. The van der Waals surface area contributed by atoms with Gasteiger partial charge in [-0.3, -0.25) is 9.59 Å². The number of benzene rings is 1. The van der Waals surface area contributed by atoms with E-state index in [4.69, 9.17) is 9.15 Å². The van der Waals surface area contributed by atoms with Crippen LogP contribution in [-0.2, 0) is 24.2 Å². The smallest absolute Gasteiger partial charge is 0.265 e. The minimum Gasteiger partial charge on any atom is -0.478 e. The zero-order valence-electron chi connectivity index (χ0n) is 17.1. The Bertz CT molecular complexity index is 1080. The number of carbonyl (C=O) groups is 2. The number of carbonyl (C=O) groups excluding carboxylic acids is 2. The van der Waals surface area contributed by atoms with Crippen molar-refractivity contribution < 1.29 is 23.1 Å². The third-order valence-electron chi connectivity index (χ3n) is 5.15. The molecule has 2 aromatic heterocycles. The van der Waals surface area contributed by atoms with Crippen LogP contribution >= 0.6 is 11.3 Å². The number of halogens is 1. The van der Waals surface area contributed by atoms with Crippen LogP contribution in [0.3, 0.4) is 0 Å². The van der Waals surface area contributed by atoms with Gasteiger partial charge in [-0.1, -0.05) is 12.1 Å². The zero-order valence-corrected chi connectivity index (χ0v) is 17.9. The highest BCUT2D eigenvalue weighted by Crippen LogP contribution is 2.38. The first-order chi connectivity index (χ1) is 15.0. The number of hydrogen-bond donors (Lipinski definition) is 2. The van der Waals surface area contributed by atoms with Crippen LogP contribution in [-0.4, -0.2) is 17.9 Å². The van der Waals surface area contributed by atoms with Crippen LogP contribution in [0, 0.1) is 5.82 Å². The number of ether oxygens (including phenoxy) is 1. The summed E-state index contributed by atoms with van der Waals surface area (Å²) in [5.74, 6) is -0.579. The predicted molar refractivity (Wildman–Crippen MR) is 116 cm³/mol. The quantitative estimate of drug-likeness (QED) is 0.556. The van der Waals surface area contributed by atoms with Gasteiger partial charge in [-0.05, 0) is 62.4 Å². The van der Waals surface area contributed by atoms with Crippen LogP contribution in [0.5, 0.6) is 5.75 Å². The molecule has 0 radical (unpaired) electrons. The van der Waals surface area contributed by atoms with Crippen molar-refractivity contribution in [3.63, 3.8) is 0 Å². The highest BCUT2D eigenvalue weighted by molar-refractivity contribution is 7.17. The molecule has 4 rings (SSSR count). The standard InChI is InChI=1S/C23H23FN2O4S/c1-14(30-18-10-4-3-9-17(18)24)21(27)26-23-20(16-8-2-5-11-19(16)31-23)22(28)25-13-15-7-6-12-29-15/h3-4,6-7,9-10,12,14H,2,5,8,11,13H2,1H3,(H,25,28)(H,26,27)/t14-/m0/s1. The minimum atomic E-state index is -0.935. The van der Waals surface area contributed by atoms with E-state index in [1.807, 2.05) is 0 Å². The number of fused-ring (bicyclic) bond motifs is 1. The van der Waals surface area contributed by atoms with Crippen molar-refractivity contribution in [3.8, 4) is 5.75 Å². The van der Waals surface area contributed by atoms with Gasteiger partial charge >= 0.3 is 0 Å². The fraction of sp³-hybridized carbons (Fsp3) is 0.304. The number of furan rings is 1. The molecule has 0 saturated heterocycles. The molecule has 3 aromatic rings. The number of hydrogen-bond acceptors (Lipinski definition) is 5. The third-order valence-corrected chi connectivity index (χ3v) is 6.36. The lowest BCUT2D eigenvalue weighted by Crippen LogP contribution is -2.31. The fourth-order valence-corrected chi connectivity index (χ4v) is 4.85. The number of aryl methyl sites for hydroxylation is 1. The van der Waals surface area contributed by atoms with Gasteiger partial charge in [-0.15, -0.1) is 11.3 Å². The second-order valence-corrected chi connectivity index (χ2v) is 8.46. The lowest BCUT2D eigenvalue weighted by atomic mass is 9.95. The Labute approximate surface area is 183 Å². The van der Waals surface area contributed by atoms with Crippen LogP contribution in [0.4, 0.5) is 9.39 Å². The number of amides is 2. The Hall–Kier alpha value is -3.13. The van der Waals surface area contributed by atoms with Crippen molar-refractivity contribution in [3.05, 3.63) is 70.2 Å². The van der Waals surface area contributed by atoms with Crippen molar-refractivity contribution in [1.82, 2.24) is 5.32 Å². The van der Waals surface area contributed by atoms with Gasteiger partial charge in [0.25, 0.3) is 11.8 Å². The summed E-state index contributed by atoms with van der Waals surface area (Å²) in [7, 11) is 0. The summed E-state index contributed by atoms with van der Waals surface area (Å²) in [6.07, 6.45) is 4.36. The van der Waals surface area contributed by atoms with E-state index in [1.54, 1.807) is 37.5 Å². The number of rotatable bonds is 7.